The van der Waals surface area contributed by atoms with E-state index in [2.05, 4.69) is 20.5 Å². The van der Waals surface area contributed by atoms with Crippen molar-refractivity contribution in [3.63, 3.8) is 0 Å². The molecule has 27 heavy (non-hydrogen) atoms. The second-order valence-electron chi connectivity index (χ2n) is 6.76. The van der Waals surface area contributed by atoms with Crippen LogP contribution in [0.3, 0.4) is 0 Å². The van der Waals surface area contributed by atoms with Crippen LogP contribution in [-0.4, -0.2) is 62.8 Å². The quantitative estimate of drug-likeness (QED) is 0.673. The van der Waals surface area contributed by atoms with Crippen LogP contribution in [0, 0.1) is 5.92 Å². The molecular weight excluding hydrogens is 370 g/mol. The molecule has 3 heterocycles. The molecule has 2 aromatic rings. The second-order valence-corrected chi connectivity index (χ2v) is 8.70. The first-order valence-corrected chi connectivity index (χ1v) is 10.5. The number of carbonyl (C=O) groups is 1. The second kappa shape index (κ2) is 8.61. The van der Waals surface area contributed by atoms with E-state index < -0.39 is 10.0 Å². The molecular formula is C16H25N7O3S. The fraction of sp³-hybridized carbons (Fsp3) is 0.625. The summed E-state index contributed by atoms with van der Waals surface area (Å²) in [7, 11) is -1.79. The van der Waals surface area contributed by atoms with E-state index in [1.54, 1.807) is 18.1 Å². The largest absolute Gasteiger partial charge is 0.356 e. The summed E-state index contributed by atoms with van der Waals surface area (Å²) in [5.74, 6) is 0.310. The Labute approximate surface area is 158 Å². The first-order chi connectivity index (χ1) is 12.9. The number of piperidine rings is 1. The first kappa shape index (κ1) is 19.5. The predicted octanol–water partition coefficient (Wildman–Crippen LogP) is 0.00890. The van der Waals surface area contributed by atoms with E-state index in [1.807, 2.05) is 0 Å². The number of hydrogen-bond donors (Lipinski definition) is 1. The number of rotatable bonds is 8. The lowest BCUT2D eigenvalue weighted by Crippen LogP contribution is -2.41. The van der Waals surface area contributed by atoms with E-state index in [4.69, 9.17) is 0 Å². The van der Waals surface area contributed by atoms with Crippen molar-refractivity contribution >= 4 is 15.9 Å². The van der Waals surface area contributed by atoms with Crippen molar-refractivity contribution in [2.45, 2.75) is 37.1 Å². The number of aryl methyl sites for hydroxylation is 2. The van der Waals surface area contributed by atoms with Gasteiger partial charge in [-0.1, -0.05) is 0 Å². The molecule has 148 valence electrons. The molecule has 0 unspecified atom stereocenters. The van der Waals surface area contributed by atoms with Crippen LogP contribution >= 0.6 is 0 Å². The van der Waals surface area contributed by atoms with E-state index in [0.717, 1.165) is 12.8 Å². The highest BCUT2D eigenvalue weighted by Gasteiger charge is 2.30. The average molecular weight is 395 g/mol. The van der Waals surface area contributed by atoms with Gasteiger partial charge in [0.1, 0.15) is 17.6 Å². The molecule has 1 aliphatic heterocycles. The summed E-state index contributed by atoms with van der Waals surface area (Å²) < 4.78 is 29.8. The standard InChI is InChI=1S/C16H25N7O3S/c1-21-11-15(10-19-21)27(25,26)23-7-4-14(5-8-23)9-18-16(24)3-2-6-22-13-17-12-20-22/h10-14H,2-9H2,1H3,(H,18,24). The van der Waals surface area contributed by atoms with Gasteiger partial charge in [-0.15, -0.1) is 0 Å². The molecule has 11 heteroatoms. The van der Waals surface area contributed by atoms with Gasteiger partial charge in [-0.2, -0.15) is 14.5 Å². The maximum absolute atomic E-state index is 12.6. The molecule has 0 bridgehead atoms. The third kappa shape index (κ3) is 5.13. The monoisotopic (exact) mass is 395 g/mol. The minimum absolute atomic E-state index is 0.0144. The van der Waals surface area contributed by atoms with Gasteiger partial charge in [-0.05, 0) is 25.2 Å². The Morgan fingerprint density at radius 2 is 2.07 bits per heavy atom. The number of nitrogens with zero attached hydrogens (tertiary/aromatic N) is 6. The van der Waals surface area contributed by atoms with Crippen LogP contribution in [0.2, 0.25) is 0 Å². The van der Waals surface area contributed by atoms with E-state index >= 15 is 0 Å². The normalized spacial score (nSPS) is 16.5. The van der Waals surface area contributed by atoms with E-state index in [1.165, 1.54) is 27.7 Å². The number of nitrogens with one attached hydrogen (secondary N) is 1. The molecule has 1 saturated heterocycles. The highest BCUT2D eigenvalue weighted by Crippen LogP contribution is 2.23. The minimum Gasteiger partial charge on any atom is -0.356 e. The lowest BCUT2D eigenvalue weighted by Gasteiger charge is -2.30. The van der Waals surface area contributed by atoms with Crippen LogP contribution in [0.25, 0.3) is 0 Å². The molecule has 0 aliphatic carbocycles. The molecule has 0 saturated carbocycles. The van der Waals surface area contributed by atoms with E-state index in [-0.39, 0.29) is 10.8 Å². The number of sulfonamides is 1. The molecule has 1 aliphatic rings. The third-order valence-electron chi connectivity index (χ3n) is 4.74. The van der Waals surface area contributed by atoms with Crippen molar-refractivity contribution < 1.29 is 13.2 Å². The summed E-state index contributed by atoms with van der Waals surface area (Å²) in [6, 6.07) is 0. The maximum Gasteiger partial charge on any atom is 0.246 e. The lowest BCUT2D eigenvalue weighted by molar-refractivity contribution is -0.121. The Hall–Kier alpha value is -2.27. The van der Waals surface area contributed by atoms with Gasteiger partial charge in [0.05, 0.1) is 6.20 Å². The number of hydrogen-bond acceptors (Lipinski definition) is 6. The zero-order valence-electron chi connectivity index (χ0n) is 15.4. The van der Waals surface area contributed by atoms with E-state index in [0.29, 0.717) is 44.9 Å². The molecule has 3 rings (SSSR count). The minimum atomic E-state index is -3.48. The molecule has 2 aromatic heterocycles. The molecule has 1 fully saturated rings. The summed E-state index contributed by atoms with van der Waals surface area (Å²) in [6.45, 7) is 2.18. The molecule has 0 aromatic carbocycles. The topological polar surface area (TPSA) is 115 Å². The van der Waals surface area contributed by atoms with Gasteiger partial charge in [-0.3, -0.25) is 14.2 Å². The van der Waals surface area contributed by atoms with Crippen molar-refractivity contribution in [3.05, 3.63) is 25.0 Å². The van der Waals surface area contributed by atoms with Gasteiger partial charge in [0.2, 0.25) is 15.9 Å². The van der Waals surface area contributed by atoms with Crippen molar-refractivity contribution in [1.29, 1.82) is 0 Å². The SMILES string of the molecule is Cn1cc(S(=O)(=O)N2CCC(CNC(=O)CCCn3cncn3)CC2)cn1. The highest BCUT2D eigenvalue weighted by molar-refractivity contribution is 7.89. The Bertz CT molecular complexity index is 839. The Morgan fingerprint density at radius 1 is 1.30 bits per heavy atom. The maximum atomic E-state index is 12.6. The number of carbonyl (C=O) groups excluding carboxylic acids is 1. The zero-order chi connectivity index (χ0) is 19.3. The van der Waals surface area contributed by atoms with Crippen LogP contribution < -0.4 is 5.32 Å². The van der Waals surface area contributed by atoms with Gasteiger partial charge in [0.15, 0.2) is 0 Å². The Morgan fingerprint density at radius 3 is 2.70 bits per heavy atom. The molecule has 10 nitrogen and oxygen atoms in total. The van der Waals surface area contributed by atoms with Crippen LogP contribution in [0.4, 0.5) is 0 Å². The molecule has 0 spiro atoms. The summed E-state index contributed by atoms with van der Waals surface area (Å²) >= 11 is 0. The van der Waals surface area contributed by atoms with Crippen LogP contribution in [0.5, 0.6) is 0 Å². The number of amides is 1. The van der Waals surface area contributed by atoms with Crippen molar-refractivity contribution in [2.75, 3.05) is 19.6 Å². The zero-order valence-corrected chi connectivity index (χ0v) is 16.2. The summed E-state index contributed by atoms with van der Waals surface area (Å²) in [5, 5.41) is 10.9. The molecule has 0 radical (unpaired) electrons. The molecule has 1 amide bonds. The summed E-state index contributed by atoms with van der Waals surface area (Å²) in [6.07, 6.45) is 8.61. The highest BCUT2D eigenvalue weighted by atomic mass is 32.2. The van der Waals surface area contributed by atoms with Gasteiger partial charge in [0, 0.05) is 45.8 Å². The first-order valence-electron chi connectivity index (χ1n) is 9.03. The van der Waals surface area contributed by atoms with Crippen LogP contribution in [-0.2, 0) is 28.4 Å². The summed E-state index contributed by atoms with van der Waals surface area (Å²) in [4.78, 5) is 16.0. The van der Waals surface area contributed by atoms with Gasteiger partial charge in [-0.25, -0.2) is 13.4 Å². The smallest absolute Gasteiger partial charge is 0.246 e. The third-order valence-corrected chi connectivity index (χ3v) is 6.59. The van der Waals surface area contributed by atoms with Crippen molar-refractivity contribution in [3.8, 4) is 0 Å². The fourth-order valence-electron chi connectivity index (χ4n) is 3.13. The van der Waals surface area contributed by atoms with Gasteiger partial charge >= 0.3 is 0 Å². The average Bonchev–Trinajstić information content (AvgIpc) is 3.32. The Balaban J connectivity index is 1.37. The van der Waals surface area contributed by atoms with Crippen molar-refractivity contribution in [2.24, 2.45) is 13.0 Å². The van der Waals surface area contributed by atoms with Crippen LogP contribution in [0.1, 0.15) is 25.7 Å². The van der Waals surface area contributed by atoms with Gasteiger partial charge < -0.3 is 5.32 Å². The Kier molecular flexibility index (Phi) is 6.22. The van der Waals surface area contributed by atoms with Gasteiger partial charge in [0.25, 0.3) is 0 Å². The van der Waals surface area contributed by atoms with Crippen molar-refractivity contribution in [1.82, 2.24) is 34.2 Å². The predicted molar refractivity (Wildman–Crippen MR) is 97.0 cm³/mol. The summed E-state index contributed by atoms with van der Waals surface area (Å²) in [5.41, 5.74) is 0. The van der Waals surface area contributed by atoms with Crippen LogP contribution in [0.15, 0.2) is 29.9 Å². The number of aromatic nitrogens is 5. The van der Waals surface area contributed by atoms with E-state index in [9.17, 15) is 13.2 Å². The molecule has 0 atom stereocenters. The molecule has 1 N–H and O–H groups in total. The fourth-order valence-corrected chi connectivity index (χ4v) is 4.59. The lowest BCUT2D eigenvalue weighted by atomic mass is 9.98.